The molecule has 0 aliphatic carbocycles. The lowest BCUT2D eigenvalue weighted by atomic mass is 9.97. The third kappa shape index (κ3) is 3.19. The summed E-state index contributed by atoms with van der Waals surface area (Å²) in [6.07, 6.45) is 0. The molecule has 1 aromatic heterocycles. The van der Waals surface area contributed by atoms with Crippen LogP contribution in [-0.2, 0) is 0 Å². The van der Waals surface area contributed by atoms with E-state index in [-0.39, 0.29) is 6.79 Å². The third-order valence-corrected chi connectivity index (χ3v) is 6.96. The maximum atomic E-state index is 6.01. The number of fused-ring (bicyclic) bond motifs is 1. The van der Waals surface area contributed by atoms with E-state index in [1.807, 2.05) is 12.1 Å². The topological polar surface area (TPSA) is 18.5 Å². The Hall–Kier alpha value is -3.82. The maximum absolute atomic E-state index is 6.01. The zero-order valence-corrected chi connectivity index (χ0v) is 18.1. The molecule has 5 aromatic rings. The van der Waals surface area contributed by atoms with Gasteiger partial charge in [0.25, 0.3) is 0 Å². The molecule has 0 bridgehead atoms. The van der Waals surface area contributed by atoms with Crippen molar-refractivity contribution in [3.8, 4) is 54.6 Å². The van der Waals surface area contributed by atoms with Crippen molar-refractivity contribution in [1.82, 2.24) is 0 Å². The molecule has 154 valence electrons. The molecule has 4 aromatic carbocycles. The zero-order valence-electron chi connectivity index (χ0n) is 17.3. The van der Waals surface area contributed by atoms with Crippen LogP contribution in [0.15, 0.2) is 109 Å². The molecule has 0 saturated heterocycles. The van der Waals surface area contributed by atoms with Crippen molar-refractivity contribution >= 4 is 11.3 Å². The average molecular weight is 433 g/mol. The lowest BCUT2D eigenvalue weighted by Crippen LogP contribution is -1.95. The highest BCUT2D eigenvalue weighted by Gasteiger charge is 2.29. The summed E-state index contributed by atoms with van der Waals surface area (Å²) in [6, 6.07) is 38.0. The minimum absolute atomic E-state index is 0.249. The standard InChI is InChI=1S/C29H20O2S/c1-3-11-20(12-4-1)22-15-7-9-17-24(22)28-26-27(31-19-30-26)29(32-28)25-18-10-8-16-23(25)21-13-5-2-6-14-21/h1-18H,19H2. The van der Waals surface area contributed by atoms with E-state index in [0.717, 1.165) is 32.4 Å². The van der Waals surface area contributed by atoms with E-state index < -0.39 is 0 Å². The zero-order chi connectivity index (χ0) is 21.3. The van der Waals surface area contributed by atoms with Gasteiger partial charge in [0.15, 0.2) is 11.5 Å². The quantitative estimate of drug-likeness (QED) is 0.285. The summed E-state index contributed by atoms with van der Waals surface area (Å²) in [4.78, 5) is 2.21. The lowest BCUT2D eigenvalue weighted by Gasteiger charge is -2.10. The van der Waals surface area contributed by atoms with E-state index in [9.17, 15) is 0 Å². The van der Waals surface area contributed by atoms with E-state index >= 15 is 0 Å². The molecule has 0 saturated carbocycles. The molecular formula is C29H20O2S. The van der Waals surface area contributed by atoms with Crippen LogP contribution in [0.3, 0.4) is 0 Å². The average Bonchev–Trinajstić information content (AvgIpc) is 3.48. The number of hydrogen-bond donors (Lipinski definition) is 0. The summed E-state index contributed by atoms with van der Waals surface area (Å²) >= 11 is 1.74. The van der Waals surface area contributed by atoms with Crippen LogP contribution in [0, 0.1) is 0 Å². The molecular weight excluding hydrogens is 412 g/mol. The van der Waals surface area contributed by atoms with Gasteiger partial charge in [-0.1, -0.05) is 109 Å². The van der Waals surface area contributed by atoms with E-state index in [2.05, 4.69) is 97.1 Å². The van der Waals surface area contributed by atoms with Gasteiger partial charge in [-0.15, -0.1) is 11.3 Å². The van der Waals surface area contributed by atoms with Crippen molar-refractivity contribution < 1.29 is 9.47 Å². The van der Waals surface area contributed by atoms with Gasteiger partial charge in [-0.3, -0.25) is 0 Å². The predicted octanol–water partition coefficient (Wildman–Crippen LogP) is 8.14. The monoisotopic (exact) mass is 432 g/mol. The molecule has 0 radical (unpaired) electrons. The predicted molar refractivity (Wildman–Crippen MR) is 132 cm³/mol. The van der Waals surface area contributed by atoms with Gasteiger partial charge in [-0.05, 0) is 22.3 Å². The Labute approximate surface area is 191 Å². The molecule has 3 heteroatoms. The van der Waals surface area contributed by atoms with Crippen LogP contribution in [-0.4, -0.2) is 6.79 Å². The fourth-order valence-corrected chi connectivity index (χ4v) is 5.53. The van der Waals surface area contributed by atoms with Gasteiger partial charge < -0.3 is 9.47 Å². The molecule has 32 heavy (non-hydrogen) atoms. The number of thiophene rings is 1. The molecule has 1 aliphatic heterocycles. The van der Waals surface area contributed by atoms with Gasteiger partial charge in [-0.25, -0.2) is 0 Å². The molecule has 0 fully saturated rings. The molecule has 0 N–H and O–H groups in total. The highest BCUT2D eigenvalue weighted by atomic mass is 32.1. The van der Waals surface area contributed by atoms with Crippen LogP contribution in [0.2, 0.25) is 0 Å². The molecule has 6 rings (SSSR count). The van der Waals surface area contributed by atoms with Crippen LogP contribution in [0.5, 0.6) is 11.5 Å². The summed E-state index contributed by atoms with van der Waals surface area (Å²) in [6.45, 7) is 0.249. The minimum Gasteiger partial charge on any atom is -0.452 e. The van der Waals surface area contributed by atoms with Crippen molar-refractivity contribution in [2.24, 2.45) is 0 Å². The number of rotatable bonds is 4. The lowest BCUT2D eigenvalue weighted by molar-refractivity contribution is 0.174. The largest absolute Gasteiger partial charge is 0.452 e. The van der Waals surface area contributed by atoms with Crippen molar-refractivity contribution in [3.05, 3.63) is 109 Å². The Morgan fingerprint density at radius 1 is 0.438 bits per heavy atom. The fourth-order valence-electron chi connectivity index (χ4n) is 4.27. The summed E-state index contributed by atoms with van der Waals surface area (Å²) in [5.74, 6) is 1.69. The highest BCUT2D eigenvalue weighted by Crippen LogP contribution is 2.56. The number of benzene rings is 4. The molecule has 2 heterocycles. The van der Waals surface area contributed by atoms with Crippen LogP contribution in [0.1, 0.15) is 0 Å². The second-order valence-corrected chi connectivity index (χ2v) is 8.67. The Kier molecular flexibility index (Phi) is 4.74. The van der Waals surface area contributed by atoms with Crippen molar-refractivity contribution in [3.63, 3.8) is 0 Å². The first-order valence-electron chi connectivity index (χ1n) is 10.6. The van der Waals surface area contributed by atoms with Gasteiger partial charge in [0.1, 0.15) is 0 Å². The van der Waals surface area contributed by atoms with Crippen molar-refractivity contribution in [1.29, 1.82) is 0 Å². The van der Waals surface area contributed by atoms with E-state index in [1.54, 1.807) is 11.3 Å². The summed E-state index contributed by atoms with van der Waals surface area (Å²) < 4.78 is 12.0. The maximum Gasteiger partial charge on any atom is 0.231 e. The first-order valence-corrected chi connectivity index (χ1v) is 11.4. The van der Waals surface area contributed by atoms with Crippen LogP contribution < -0.4 is 9.47 Å². The second-order valence-electron chi connectivity index (χ2n) is 7.65. The Bertz CT molecular complexity index is 1280. The van der Waals surface area contributed by atoms with E-state index in [1.165, 1.54) is 22.3 Å². The second kappa shape index (κ2) is 8.03. The molecule has 1 aliphatic rings. The third-order valence-electron chi connectivity index (χ3n) is 5.74. The van der Waals surface area contributed by atoms with Gasteiger partial charge in [0.2, 0.25) is 6.79 Å². The number of ether oxygens (including phenoxy) is 2. The van der Waals surface area contributed by atoms with Gasteiger partial charge in [0, 0.05) is 11.1 Å². The normalized spacial score (nSPS) is 12.1. The molecule has 0 atom stereocenters. The SMILES string of the molecule is c1ccc(-c2ccccc2-c2sc(-c3ccccc3-c3ccccc3)c3c2OCO3)cc1. The van der Waals surface area contributed by atoms with Crippen molar-refractivity contribution in [2.45, 2.75) is 0 Å². The van der Waals surface area contributed by atoms with E-state index in [4.69, 9.17) is 9.47 Å². The summed E-state index contributed by atoms with van der Waals surface area (Å²) in [7, 11) is 0. The van der Waals surface area contributed by atoms with Gasteiger partial charge in [-0.2, -0.15) is 0 Å². The van der Waals surface area contributed by atoms with E-state index in [0.29, 0.717) is 0 Å². The summed E-state index contributed by atoms with van der Waals surface area (Å²) in [5.41, 5.74) is 7.08. The Morgan fingerprint density at radius 3 is 1.25 bits per heavy atom. The van der Waals surface area contributed by atoms with Crippen LogP contribution >= 0.6 is 11.3 Å². The highest BCUT2D eigenvalue weighted by molar-refractivity contribution is 7.20. The fraction of sp³-hybridized carbons (Fsp3) is 0.0345. The molecule has 0 unspecified atom stereocenters. The van der Waals surface area contributed by atoms with Gasteiger partial charge >= 0.3 is 0 Å². The van der Waals surface area contributed by atoms with Crippen LogP contribution in [0.25, 0.3) is 43.1 Å². The molecule has 0 amide bonds. The molecule has 0 spiro atoms. The Morgan fingerprint density at radius 2 is 0.812 bits per heavy atom. The Balaban J connectivity index is 1.56. The molecule has 2 nitrogen and oxygen atoms in total. The first-order chi connectivity index (χ1) is 15.9. The summed E-state index contributed by atoms with van der Waals surface area (Å²) in [5, 5.41) is 0. The van der Waals surface area contributed by atoms with Gasteiger partial charge in [0.05, 0.1) is 9.75 Å². The van der Waals surface area contributed by atoms with Crippen LogP contribution in [0.4, 0.5) is 0 Å². The minimum atomic E-state index is 0.249. The van der Waals surface area contributed by atoms with Crippen molar-refractivity contribution in [2.75, 3.05) is 6.79 Å². The smallest absolute Gasteiger partial charge is 0.231 e. The first kappa shape index (κ1) is 18.9. The number of hydrogen-bond acceptors (Lipinski definition) is 3.